The van der Waals surface area contributed by atoms with Crippen LogP contribution < -0.4 is 15.4 Å². The van der Waals surface area contributed by atoms with Gasteiger partial charge in [-0.2, -0.15) is 4.37 Å². The highest BCUT2D eigenvalue weighted by atomic mass is 79.9. The van der Waals surface area contributed by atoms with Gasteiger partial charge in [0.05, 0.1) is 13.7 Å². The van der Waals surface area contributed by atoms with Crippen LogP contribution in [0.15, 0.2) is 15.9 Å². The van der Waals surface area contributed by atoms with E-state index >= 15 is 0 Å². The van der Waals surface area contributed by atoms with E-state index in [-0.39, 0.29) is 0 Å². The van der Waals surface area contributed by atoms with Crippen LogP contribution in [0.25, 0.3) is 0 Å². The van der Waals surface area contributed by atoms with Crippen molar-refractivity contribution < 1.29 is 4.74 Å². The van der Waals surface area contributed by atoms with Crippen LogP contribution in [0.2, 0.25) is 0 Å². The van der Waals surface area contributed by atoms with Gasteiger partial charge in [0.1, 0.15) is 0 Å². The summed E-state index contributed by atoms with van der Waals surface area (Å²) in [6, 6.07) is 2.11. The van der Waals surface area contributed by atoms with Gasteiger partial charge >= 0.3 is 0 Å². The molecule has 2 aromatic rings. The number of halogens is 1. The first-order valence-electron chi connectivity index (χ1n) is 4.85. The van der Waals surface area contributed by atoms with Crippen molar-refractivity contribution in [2.45, 2.75) is 6.54 Å². The van der Waals surface area contributed by atoms with E-state index in [1.165, 1.54) is 16.4 Å². The van der Waals surface area contributed by atoms with Crippen LogP contribution in [0.4, 0.5) is 10.8 Å². The van der Waals surface area contributed by atoms with Crippen LogP contribution in [-0.4, -0.2) is 18.5 Å². The largest absolute Gasteiger partial charge is 0.490 e. The molecular formula is C10H12BrN3OS2. The molecule has 0 bridgehead atoms. The van der Waals surface area contributed by atoms with Crippen molar-refractivity contribution in [3.05, 3.63) is 20.8 Å². The molecule has 0 atom stereocenters. The zero-order valence-electron chi connectivity index (χ0n) is 9.44. The maximum absolute atomic E-state index is 5.73. The van der Waals surface area contributed by atoms with Crippen molar-refractivity contribution in [2.24, 2.45) is 0 Å². The topological polar surface area (TPSA) is 51.4 Å². The molecule has 0 spiro atoms. The molecule has 2 aromatic heterocycles. The highest BCUT2D eigenvalue weighted by molar-refractivity contribution is 9.10. The van der Waals surface area contributed by atoms with Gasteiger partial charge in [0.25, 0.3) is 0 Å². The lowest BCUT2D eigenvalue weighted by atomic mass is 10.4. The molecule has 4 nitrogen and oxygen atoms in total. The van der Waals surface area contributed by atoms with E-state index in [0.717, 1.165) is 16.0 Å². The Labute approximate surface area is 116 Å². The number of nitrogens with zero attached hydrogens (tertiary/aromatic N) is 2. The lowest BCUT2D eigenvalue weighted by molar-refractivity contribution is 0.418. The molecule has 2 heterocycles. The SMILES string of the molecule is COc1c(N)nsc1N(C)Cc1cc(Br)cs1. The Morgan fingerprint density at radius 2 is 2.35 bits per heavy atom. The number of ether oxygens (including phenoxy) is 1. The third-order valence-corrected chi connectivity index (χ3v) is 4.86. The maximum Gasteiger partial charge on any atom is 0.197 e. The monoisotopic (exact) mass is 333 g/mol. The van der Waals surface area contributed by atoms with Crippen LogP contribution in [0, 0.1) is 0 Å². The Hall–Kier alpha value is -0.790. The first-order valence-corrected chi connectivity index (χ1v) is 7.29. The van der Waals surface area contributed by atoms with E-state index in [0.29, 0.717) is 11.6 Å². The Morgan fingerprint density at radius 3 is 2.94 bits per heavy atom. The number of aromatic nitrogens is 1. The van der Waals surface area contributed by atoms with Crippen molar-refractivity contribution in [3.63, 3.8) is 0 Å². The van der Waals surface area contributed by atoms with E-state index in [1.807, 2.05) is 7.05 Å². The molecule has 0 amide bonds. The minimum absolute atomic E-state index is 0.451. The summed E-state index contributed by atoms with van der Waals surface area (Å²) in [5.41, 5.74) is 5.73. The molecule has 0 aromatic carbocycles. The molecule has 0 aliphatic heterocycles. The molecule has 0 unspecified atom stereocenters. The second-order valence-electron chi connectivity index (χ2n) is 3.49. The number of hydrogen-bond acceptors (Lipinski definition) is 6. The van der Waals surface area contributed by atoms with Gasteiger partial charge in [0.2, 0.25) is 0 Å². The number of hydrogen-bond donors (Lipinski definition) is 1. The molecular weight excluding hydrogens is 322 g/mol. The Kier molecular flexibility index (Phi) is 3.90. The first kappa shape index (κ1) is 12.7. The highest BCUT2D eigenvalue weighted by Crippen LogP contribution is 2.38. The average molecular weight is 334 g/mol. The van der Waals surface area contributed by atoms with E-state index in [4.69, 9.17) is 10.5 Å². The van der Waals surface area contributed by atoms with Crippen molar-refractivity contribution in [3.8, 4) is 5.75 Å². The third-order valence-electron chi connectivity index (χ3n) is 2.22. The van der Waals surface area contributed by atoms with E-state index in [1.54, 1.807) is 18.4 Å². The molecule has 0 fully saturated rings. The summed E-state index contributed by atoms with van der Waals surface area (Å²) < 4.78 is 10.5. The summed E-state index contributed by atoms with van der Waals surface area (Å²) in [7, 11) is 3.61. The van der Waals surface area contributed by atoms with Gasteiger partial charge < -0.3 is 15.4 Å². The summed E-state index contributed by atoms with van der Waals surface area (Å²) in [6.07, 6.45) is 0. The van der Waals surface area contributed by atoms with E-state index < -0.39 is 0 Å². The Bertz CT molecular complexity index is 511. The standard InChI is InChI=1S/C10H12BrN3OS2/c1-14(4-7-3-6(11)5-16-7)10-8(15-2)9(12)13-17-10/h3,5H,4H2,1-2H3,(H2,12,13). The van der Waals surface area contributed by atoms with Crippen molar-refractivity contribution in [2.75, 3.05) is 24.8 Å². The van der Waals surface area contributed by atoms with Gasteiger partial charge in [-0.25, -0.2) is 0 Å². The fourth-order valence-electron chi connectivity index (χ4n) is 1.46. The first-order chi connectivity index (χ1) is 8.11. The molecule has 0 saturated carbocycles. The second kappa shape index (κ2) is 5.24. The fourth-order valence-corrected chi connectivity index (χ4v) is 3.71. The van der Waals surface area contributed by atoms with Crippen molar-refractivity contribution >= 4 is 49.6 Å². The summed E-state index contributed by atoms with van der Waals surface area (Å²) in [6.45, 7) is 0.814. The zero-order valence-corrected chi connectivity index (χ0v) is 12.7. The molecule has 92 valence electrons. The number of anilines is 2. The number of methoxy groups -OCH3 is 1. The van der Waals surface area contributed by atoms with E-state index in [9.17, 15) is 0 Å². The highest BCUT2D eigenvalue weighted by Gasteiger charge is 2.16. The summed E-state index contributed by atoms with van der Waals surface area (Å²) in [4.78, 5) is 3.36. The van der Waals surface area contributed by atoms with E-state index in [2.05, 4.69) is 36.6 Å². The van der Waals surface area contributed by atoms with Crippen molar-refractivity contribution in [1.82, 2.24) is 4.37 Å². The van der Waals surface area contributed by atoms with Crippen LogP contribution in [0.5, 0.6) is 5.75 Å². The van der Waals surface area contributed by atoms with Gasteiger partial charge in [0, 0.05) is 21.8 Å². The zero-order chi connectivity index (χ0) is 12.4. The Morgan fingerprint density at radius 1 is 1.59 bits per heavy atom. The Balaban J connectivity index is 2.16. The number of thiophene rings is 1. The average Bonchev–Trinajstić information content (AvgIpc) is 2.84. The predicted octanol–water partition coefficient (Wildman–Crippen LogP) is 3.19. The van der Waals surface area contributed by atoms with Crippen LogP contribution in [0.3, 0.4) is 0 Å². The minimum atomic E-state index is 0.451. The van der Waals surface area contributed by atoms with Crippen LogP contribution >= 0.6 is 38.8 Å². The maximum atomic E-state index is 5.73. The summed E-state index contributed by atoms with van der Waals surface area (Å²) >= 11 is 6.52. The normalized spacial score (nSPS) is 10.5. The third kappa shape index (κ3) is 2.72. The molecule has 17 heavy (non-hydrogen) atoms. The minimum Gasteiger partial charge on any atom is -0.490 e. The lowest BCUT2D eigenvalue weighted by Crippen LogP contribution is -2.15. The lowest BCUT2D eigenvalue weighted by Gasteiger charge is -2.16. The molecule has 0 aliphatic carbocycles. The van der Waals surface area contributed by atoms with Crippen molar-refractivity contribution in [1.29, 1.82) is 0 Å². The van der Waals surface area contributed by atoms with Gasteiger partial charge in [0.15, 0.2) is 16.6 Å². The van der Waals surface area contributed by atoms with Gasteiger partial charge in [-0.1, -0.05) is 0 Å². The van der Waals surface area contributed by atoms with Gasteiger partial charge in [-0.15, -0.1) is 11.3 Å². The molecule has 2 rings (SSSR count). The molecule has 0 saturated heterocycles. The predicted molar refractivity (Wildman–Crippen MR) is 77.2 cm³/mol. The van der Waals surface area contributed by atoms with Crippen LogP contribution in [0.1, 0.15) is 4.88 Å². The summed E-state index contributed by atoms with van der Waals surface area (Å²) in [5.74, 6) is 1.11. The van der Waals surface area contributed by atoms with Gasteiger partial charge in [-0.05, 0) is 33.5 Å². The summed E-state index contributed by atoms with van der Waals surface area (Å²) in [5, 5.41) is 3.02. The fraction of sp³-hybridized carbons (Fsp3) is 0.300. The smallest absolute Gasteiger partial charge is 0.197 e. The number of nitrogen functional groups attached to an aromatic ring is 1. The number of rotatable bonds is 4. The quantitative estimate of drug-likeness (QED) is 0.933. The second-order valence-corrected chi connectivity index (χ2v) is 6.16. The molecule has 0 aliphatic rings. The van der Waals surface area contributed by atoms with Gasteiger partial charge in [-0.3, -0.25) is 0 Å². The molecule has 7 heteroatoms. The molecule has 0 radical (unpaired) electrons. The number of nitrogens with two attached hydrogens (primary N) is 1. The molecule has 2 N–H and O–H groups in total. The van der Waals surface area contributed by atoms with Crippen LogP contribution in [-0.2, 0) is 6.54 Å².